The summed E-state index contributed by atoms with van der Waals surface area (Å²) in [5.74, 6) is -3.21. The summed E-state index contributed by atoms with van der Waals surface area (Å²) in [5.41, 5.74) is -3.45. The van der Waals surface area contributed by atoms with Gasteiger partial charge in [0.15, 0.2) is 5.69 Å². The number of halogens is 1. The number of rotatable bonds is 1. The number of aromatic carboxylic acids is 1. The number of hydrogen-bond donors (Lipinski definition) is 3. The van der Waals surface area contributed by atoms with Gasteiger partial charge in [-0.1, -0.05) is 0 Å². The van der Waals surface area contributed by atoms with Gasteiger partial charge in [-0.15, -0.1) is 0 Å². The molecule has 0 aliphatic carbocycles. The number of H-pyrrole nitrogens is 2. The van der Waals surface area contributed by atoms with E-state index < -0.39 is 28.7 Å². The molecular formula is C5H4FLiN2O4. The summed E-state index contributed by atoms with van der Waals surface area (Å²) >= 11 is 0. The quantitative estimate of drug-likeness (QED) is 0.448. The van der Waals surface area contributed by atoms with Gasteiger partial charge >= 0.3 is 30.5 Å². The summed E-state index contributed by atoms with van der Waals surface area (Å²) in [6, 6.07) is 0. The predicted molar refractivity (Wildman–Crippen MR) is 41.7 cm³/mol. The van der Waals surface area contributed by atoms with E-state index in [4.69, 9.17) is 5.11 Å². The number of carbonyl (C=O) groups is 1. The first-order chi connectivity index (χ1) is 5.52. The minimum atomic E-state index is -1.70. The van der Waals surface area contributed by atoms with Crippen LogP contribution in [0.1, 0.15) is 10.5 Å². The average molecular weight is 182 g/mol. The fourth-order valence-corrected chi connectivity index (χ4v) is 0.619. The van der Waals surface area contributed by atoms with E-state index in [0.717, 1.165) is 0 Å². The number of aromatic amines is 2. The Labute approximate surface area is 82.0 Å². The third-order valence-corrected chi connectivity index (χ3v) is 1.10. The molecule has 1 rings (SSSR count). The van der Waals surface area contributed by atoms with Crippen LogP contribution >= 0.6 is 0 Å². The van der Waals surface area contributed by atoms with E-state index in [1.165, 1.54) is 4.98 Å². The van der Waals surface area contributed by atoms with Crippen LogP contribution in [0.5, 0.6) is 0 Å². The van der Waals surface area contributed by atoms with Gasteiger partial charge in [0.05, 0.1) is 0 Å². The van der Waals surface area contributed by atoms with Crippen LogP contribution in [0.25, 0.3) is 0 Å². The summed E-state index contributed by atoms with van der Waals surface area (Å²) in [7, 11) is 0. The van der Waals surface area contributed by atoms with Gasteiger partial charge in [0.2, 0.25) is 5.82 Å². The first-order valence-corrected chi connectivity index (χ1v) is 2.77. The van der Waals surface area contributed by atoms with Gasteiger partial charge in [-0.25, -0.2) is 9.59 Å². The Morgan fingerprint density at radius 3 is 2.31 bits per heavy atom. The third kappa shape index (κ3) is 2.30. The van der Waals surface area contributed by atoms with E-state index in [1.807, 2.05) is 0 Å². The molecule has 6 nitrogen and oxygen atoms in total. The SMILES string of the molecule is O=C(O)c1[nH]c(=O)[nH]c(=O)c1F.[LiH]. The molecule has 0 fully saturated rings. The minimum absolute atomic E-state index is 0. The van der Waals surface area contributed by atoms with Gasteiger partial charge in [-0.3, -0.25) is 14.8 Å². The van der Waals surface area contributed by atoms with Crippen LogP contribution in [0, 0.1) is 5.82 Å². The summed E-state index contributed by atoms with van der Waals surface area (Å²) in [6.07, 6.45) is 0. The zero-order chi connectivity index (χ0) is 9.30. The van der Waals surface area contributed by atoms with Crippen LogP contribution in [0.15, 0.2) is 9.59 Å². The second-order valence-electron chi connectivity index (χ2n) is 1.90. The van der Waals surface area contributed by atoms with Crippen LogP contribution in [-0.2, 0) is 0 Å². The standard InChI is InChI=1S/C5H3FN2O4.Li.H/c6-1-2(4(10)11)7-5(12)8-3(1)9;;/h(H,10,11)(H2,7,8,9,12);;. The van der Waals surface area contributed by atoms with Crippen LogP contribution < -0.4 is 11.2 Å². The molecule has 1 heterocycles. The average Bonchev–Trinajstić information content (AvgIpc) is 1.96. The van der Waals surface area contributed by atoms with Crippen molar-refractivity contribution in [3.63, 3.8) is 0 Å². The Balaban J connectivity index is 0.00000144. The molecule has 0 atom stereocenters. The van der Waals surface area contributed by atoms with Gasteiger partial charge in [-0.2, -0.15) is 4.39 Å². The van der Waals surface area contributed by atoms with Gasteiger partial charge < -0.3 is 5.11 Å². The Morgan fingerprint density at radius 2 is 1.85 bits per heavy atom. The molecule has 0 radical (unpaired) electrons. The van der Waals surface area contributed by atoms with Crippen molar-refractivity contribution in [1.82, 2.24) is 9.97 Å². The molecule has 0 aliphatic heterocycles. The van der Waals surface area contributed by atoms with E-state index in [1.54, 1.807) is 4.98 Å². The van der Waals surface area contributed by atoms with E-state index >= 15 is 0 Å². The van der Waals surface area contributed by atoms with E-state index in [-0.39, 0.29) is 18.9 Å². The molecule has 0 unspecified atom stereocenters. The Morgan fingerprint density at radius 1 is 1.31 bits per heavy atom. The van der Waals surface area contributed by atoms with Crippen LogP contribution in [0.2, 0.25) is 0 Å². The molecule has 0 aliphatic rings. The van der Waals surface area contributed by atoms with E-state index in [0.29, 0.717) is 0 Å². The second kappa shape index (κ2) is 4.07. The number of nitrogens with one attached hydrogen (secondary N) is 2. The van der Waals surface area contributed by atoms with Crippen molar-refractivity contribution in [2.45, 2.75) is 0 Å². The van der Waals surface area contributed by atoms with Gasteiger partial charge in [0.1, 0.15) is 0 Å². The molecule has 0 aromatic carbocycles. The Bertz CT molecular complexity index is 437. The van der Waals surface area contributed by atoms with Crippen molar-refractivity contribution in [2.24, 2.45) is 0 Å². The first kappa shape index (κ1) is 11.7. The maximum atomic E-state index is 12.5. The summed E-state index contributed by atoms with van der Waals surface area (Å²) < 4.78 is 12.5. The fraction of sp³-hybridized carbons (Fsp3) is 0. The Kier molecular flexibility index (Phi) is 3.65. The van der Waals surface area contributed by atoms with Crippen molar-refractivity contribution in [3.8, 4) is 0 Å². The molecule has 1 aromatic rings. The van der Waals surface area contributed by atoms with Crippen molar-refractivity contribution in [1.29, 1.82) is 0 Å². The maximum absolute atomic E-state index is 12.5. The first-order valence-electron chi connectivity index (χ1n) is 2.77. The van der Waals surface area contributed by atoms with Crippen LogP contribution in [-0.4, -0.2) is 39.9 Å². The van der Waals surface area contributed by atoms with Crippen molar-refractivity contribution >= 4 is 24.8 Å². The monoisotopic (exact) mass is 182 g/mol. The molecule has 66 valence electrons. The zero-order valence-electron chi connectivity index (χ0n) is 5.55. The molecule has 3 N–H and O–H groups in total. The molecular weight excluding hydrogens is 178 g/mol. The van der Waals surface area contributed by atoms with Crippen molar-refractivity contribution in [2.75, 3.05) is 0 Å². The van der Waals surface area contributed by atoms with Crippen molar-refractivity contribution in [3.05, 3.63) is 32.3 Å². The molecule has 0 spiro atoms. The fourth-order valence-electron chi connectivity index (χ4n) is 0.619. The summed E-state index contributed by atoms with van der Waals surface area (Å²) in [5, 5.41) is 8.25. The van der Waals surface area contributed by atoms with Crippen LogP contribution in [0.4, 0.5) is 4.39 Å². The molecule has 0 saturated carbocycles. The van der Waals surface area contributed by atoms with Crippen LogP contribution in [0.3, 0.4) is 0 Å². The van der Waals surface area contributed by atoms with Gasteiger partial charge in [0, 0.05) is 0 Å². The number of hydrogen-bond acceptors (Lipinski definition) is 3. The molecule has 8 heteroatoms. The third-order valence-electron chi connectivity index (χ3n) is 1.10. The number of aromatic nitrogens is 2. The second-order valence-corrected chi connectivity index (χ2v) is 1.90. The molecule has 0 saturated heterocycles. The topological polar surface area (TPSA) is 103 Å². The molecule has 13 heavy (non-hydrogen) atoms. The zero-order valence-corrected chi connectivity index (χ0v) is 5.55. The van der Waals surface area contributed by atoms with Crippen molar-refractivity contribution < 1.29 is 14.3 Å². The van der Waals surface area contributed by atoms with E-state index in [9.17, 15) is 18.8 Å². The normalized spacial score (nSPS) is 9.00. The predicted octanol–water partition coefficient (Wildman–Crippen LogP) is -1.75. The Hall–Kier alpha value is -1.32. The van der Waals surface area contributed by atoms with Gasteiger partial charge in [0.25, 0.3) is 5.56 Å². The van der Waals surface area contributed by atoms with E-state index in [2.05, 4.69) is 0 Å². The van der Waals surface area contributed by atoms with Gasteiger partial charge in [-0.05, 0) is 0 Å². The summed E-state index contributed by atoms with van der Waals surface area (Å²) in [4.78, 5) is 34.2. The summed E-state index contributed by atoms with van der Waals surface area (Å²) in [6.45, 7) is 0. The number of carboxylic acids is 1. The molecule has 0 amide bonds. The number of carboxylic acid groups (broad SMARTS) is 1. The molecule has 0 bridgehead atoms. The molecule has 1 aromatic heterocycles.